The third-order valence-corrected chi connectivity index (χ3v) is 5.01. The number of hydrogen-bond acceptors (Lipinski definition) is 1. The second kappa shape index (κ2) is 8.53. The molecule has 0 aliphatic carbocycles. The Kier molecular flexibility index (Phi) is 5.48. The standard InChI is InChI=1S/C26H23NO/c28-26(25-16-15-23-13-7-8-14-24(23)19-25)27(20-22-11-5-2-6-12-22)18-17-21-9-3-1-4-10-21/h1-16,19H,17-18,20H2. The number of nitrogens with zero attached hydrogens (tertiary/aromatic N) is 1. The van der Waals surface area contributed by atoms with E-state index < -0.39 is 0 Å². The maximum atomic E-state index is 13.3. The smallest absolute Gasteiger partial charge is 0.254 e. The van der Waals surface area contributed by atoms with Gasteiger partial charge in [-0.15, -0.1) is 0 Å². The lowest BCUT2D eigenvalue weighted by atomic mass is 10.1. The molecule has 0 unspecified atom stereocenters. The van der Waals surface area contributed by atoms with Gasteiger partial charge in [0.25, 0.3) is 5.91 Å². The monoisotopic (exact) mass is 365 g/mol. The van der Waals surface area contributed by atoms with Crippen LogP contribution in [-0.2, 0) is 13.0 Å². The minimum Gasteiger partial charge on any atom is -0.334 e. The van der Waals surface area contributed by atoms with E-state index in [9.17, 15) is 4.79 Å². The van der Waals surface area contributed by atoms with Crippen LogP contribution < -0.4 is 0 Å². The highest BCUT2D eigenvalue weighted by atomic mass is 16.2. The van der Waals surface area contributed by atoms with Gasteiger partial charge in [0, 0.05) is 18.7 Å². The number of fused-ring (bicyclic) bond motifs is 1. The van der Waals surface area contributed by atoms with Crippen LogP contribution in [-0.4, -0.2) is 17.4 Å². The van der Waals surface area contributed by atoms with Crippen LogP contribution in [0.15, 0.2) is 103 Å². The molecule has 0 saturated heterocycles. The summed E-state index contributed by atoms with van der Waals surface area (Å²) in [5, 5.41) is 2.24. The molecule has 138 valence electrons. The van der Waals surface area contributed by atoms with Gasteiger partial charge in [-0.25, -0.2) is 0 Å². The van der Waals surface area contributed by atoms with Gasteiger partial charge in [-0.2, -0.15) is 0 Å². The van der Waals surface area contributed by atoms with Crippen molar-refractivity contribution in [1.29, 1.82) is 0 Å². The predicted octanol–water partition coefficient (Wildman–Crippen LogP) is 5.72. The molecule has 2 nitrogen and oxygen atoms in total. The molecule has 0 spiro atoms. The first-order valence-corrected chi connectivity index (χ1v) is 9.65. The van der Waals surface area contributed by atoms with Crippen molar-refractivity contribution in [3.63, 3.8) is 0 Å². The van der Waals surface area contributed by atoms with Gasteiger partial charge in [0.15, 0.2) is 0 Å². The van der Waals surface area contributed by atoms with Crippen LogP contribution in [0.1, 0.15) is 21.5 Å². The van der Waals surface area contributed by atoms with E-state index >= 15 is 0 Å². The van der Waals surface area contributed by atoms with E-state index in [4.69, 9.17) is 0 Å². The summed E-state index contributed by atoms with van der Waals surface area (Å²) >= 11 is 0. The average Bonchev–Trinajstić information content (AvgIpc) is 2.77. The maximum Gasteiger partial charge on any atom is 0.254 e. The molecule has 28 heavy (non-hydrogen) atoms. The van der Waals surface area contributed by atoms with Crippen LogP contribution >= 0.6 is 0 Å². The zero-order chi connectivity index (χ0) is 19.2. The van der Waals surface area contributed by atoms with E-state index in [1.807, 2.05) is 71.6 Å². The first-order valence-electron chi connectivity index (χ1n) is 9.65. The van der Waals surface area contributed by atoms with Crippen LogP contribution in [0.2, 0.25) is 0 Å². The van der Waals surface area contributed by atoms with Gasteiger partial charge in [-0.3, -0.25) is 4.79 Å². The van der Waals surface area contributed by atoms with Crippen molar-refractivity contribution in [2.45, 2.75) is 13.0 Å². The lowest BCUT2D eigenvalue weighted by Crippen LogP contribution is -2.32. The molecule has 0 radical (unpaired) electrons. The second-order valence-electron chi connectivity index (χ2n) is 7.01. The Bertz CT molecular complexity index is 1060. The summed E-state index contributed by atoms with van der Waals surface area (Å²) in [4.78, 5) is 15.3. The van der Waals surface area contributed by atoms with Gasteiger partial charge >= 0.3 is 0 Å². The highest BCUT2D eigenvalue weighted by Gasteiger charge is 2.16. The Balaban J connectivity index is 1.59. The number of carbonyl (C=O) groups is 1. The number of rotatable bonds is 6. The van der Waals surface area contributed by atoms with E-state index in [0.717, 1.165) is 28.3 Å². The summed E-state index contributed by atoms with van der Waals surface area (Å²) in [6.45, 7) is 1.30. The predicted molar refractivity (Wildman–Crippen MR) is 115 cm³/mol. The summed E-state index contributed by atoms with van der Waals surface area (Å²) < 4.78 is 0. The molecule has 0 fully saturated rings. The summed E-state index contributed by atoms with van der Waals surface area (Å²) in [6, 6.07) is 34.6. The molecule has 0 aliphatic heterocycles. The molecule has 0 N–H and O–H groups in total. The largest absolute Gasteiger partial charge is 0.334 e. The van der Waals surface area contributed by atoms with Gasteiger partial charge < -0.3 is 4.90 Å². The van der Waals surface area contributed by atoms with Crippen molar-refractivity contribution in [2.75, 3.05) is 6.54 Å². The van der Waals surface area contributed by atoms with Gasteiger partial charge in [-0.1, -0.05) is 91.0 Å². The SMILES string of the molecule is O=C(c1ccc2ccccc2c1)N(CCc1ccccc1)Cc1ccccc1. The third-order valence-electron chi connectivity index (χ3n) is 5.01. The lowest BCUT2D eigenvalue weighted by molar-refractivity contribution is 0.0745. The lowest BCUT2D eigenvalue weighted by Gasteiger charge is -2.23. The fourth-order valence-corrected chi connectivity index (χ4v) is 3.47. The van der Waals surface area contributed by atoms with Crippen molar-refractivity contribution in [1.82, 2.24) is 4.90 Å². The molecule has 0 heterocycles. The van der Waals surface area contributed by atoms with Crippen LogP contribution in [0.25, 0.3) is 10.8 Å². The molecule has 0 bridgehead atoms. The summed E-state index contributed by atoms with van der Waals surface area (Å²) in [5.41, 5.74) is 3.12. The average molecular weight is 365 g/mol. The topological polar surface area (TPSA) is 20.3 Å². The Morgan fingerprint density at radius 1 is 0.643 bits per heavy atom. The molecule has 1 amide bonds. The number of hydrogen-bond donors (Lipinski definition) is 0. The van der Waals surface area contributed by atoms with E-state index in [2.05, 4.69) is 36.4 Å². The van der Waals surface area contributed by atoms with Crippen molar-refractivity contribution < 1.29 is 4.79 Å². The molecule has 0 aromatic heterocycles. The highest BCUT2D eigenvalue weighted by Crippen LogP contribution is 2.18. The van der Waals surface area contributed by atoms with Crippen LogP contribution in [0.5, 0.6) is 0 Å². The minimum absolute atomic E-state index is 0.0746. The van der Waals surface area contributed by atoms with E-state index in [-0.39, 0.29) is 5.91 Å². The van der Waals surface area contributed by atoms with Crippen LogP contribution in [0, 0.1) is 0 Å². The van der Waals surface area contributed by atoms with Gasteiger partial charge in [-0.05, 0) is 40.5 Å². The van der Waals surface area contributed by atoms with Gasteiger partial charge in [0.05, 0.1) is 0 Å². The maximum absolute atomic E-state index is 13.3. The van der Waals surface area contributed by atoms with Gasteiger partial charge in [0.2, 0.25) is 0 Å². The number of benzene rings is 4. The van der Waals surface area contributed by atoms with Crippen molar-refractivity contribution >= 4 is 16.7 Å². The summed E-state index contributed by atoms with van der Waals surface area (Å²) in [5.74, 6) is 0.0746. The van der Waals surface area contributed by atoms with Crippen LogP contribution in [0.4, 0.5) is 0 Å². The third kappa shape index (κ3) is 4.29. The molecule has 0 atom stereocenters. The molecule has 4 aromatic rings. The van der Waals surface area contributed by atoms with Crippen molar-refractivity contribution in [3.8, 4) is 0 Å². The molecular weight excluding hydrogens is 342 g/mol. The molecule has 2 heteroatoms. The van der Waals surface area contributed by atoms with Gasteiger partial charge in [0.1, 0.15) is 0 Å². The molecule has 4 aromatic carbocycles. The Morgan fingerprint density at radius 3 is 1.96 bits per heavy atom. The summed E-state index contributed by atoms with van der Waals surface area (Å²) in [7, 11) is 0. The van der Waals surface area contributed by atoms with E-state index in [1.165, 1.54) is 5.56 Å². The second-order valence-corrected chi connectivity index (χ2v) is 7.01. The Hall–Kier alpha value is -3.39. The number of carbonyl (C=O) groups excluding carboxylic acids is 1. The quantitative estimate of drug-likeness (QED) is 0.428. The van der Waals surface area contributed by atoms with Crippen molar-refractivity contribution in [3.05, 3.63) is 120 Å². The first kappa shape index (κ1) is 18.0. The normalized spacial score (nSPS) is 10.7. The first-order chi connectivity index (χ1) is 13.8. The Labute approximate surface area is 166 Å². The Morgan fingerprint density at radius 2 is 1.25 bits per heavy atom. The highest BCUT2D eigenvalue weighted by molar-refractivity contribution is 5.98. The fourth-order valence-electron chi connectivity index (χ4n) is 3.47. The van der Waals surface area contributed by atoms with E-state index in [0.29, 0.717) is 13.1 Å². The number of amides is 1. The fraction of sp³-hybridized carbons (Fsp3) is 0.115. The minimum atomic E-state index is 0.0746. The van der Waals surface area contributed by atoms with Crippen LogP contribution in [0.3, 0.4) is 0 Å². The van der Waals surface area contributed by atoms with Crippen molar-refractivity contribution in [2.24, 2.45) is 0 Å². The molecule has 0 aliphatic rings. The molecular formula is C26H23NO. The summed E-state index contributed by atoms with van der Waals surface area (Å²) in [6.07, 6.45) is 0.840. The zero-order valence-corrected chi connectivity index (χ0v) is 15.8. The van der Waals surface area contributed by atoms with E-state index in [1.54, 1.807) is 0 Å². The molecule has 4 rings (SSSR count). The molecule has 0 saturated carbocycles. The zero-order valence-electron chi connectivity index (χ0n) is 15.8.